The van der Waals surface area contributed by atoms with Gasteiger partial charge >= 0.3 is 0 Å². The summed E-state index contributed by atoms with van der Waals surface area (Å²) in [6.07, 6.45) is 2.47. The Kier molecular flexibility index (Phi) is 3.43. The SMILES string of the molecule is O=C(Nc1c(F)cccc1Cl)c1ccncc1O. The van der Waals surface area contributed by atoms with Crippen LogP contribution in [0.1, 0.15) is 10.4 Å². The lowest BCUT2D eigenvalue weighted by Crippen LogP contribution is -2.13. The van der Waals surface area contributed by atoms with Crippen molar-refractivity contribution in [2.45, 2.75) is 0 Å². The molecule has 0 aliphatic rings. The van der Waals surface area contributed by atoms with Crippen LogP contribution in [-0.2, 0) is 0 Å². The second-order valence-electron chi connectivity index (χ2n) is 3.44. The van der Waals surface area contributed by atoms with Crippen LogP contribution in [-0.4, -0.2) is 16.0 Å². The molecule has 1 aromatic carbocycles. The fraction of sp³-hybridized carbons (Fsp3) is 0. The number of aromatic nitrogens is 1. The molecule has 2 aromatic rings. The highest BCUT2D eigenvalue weighted by Gasteiger charge is 2.14. The number of anilines is 1. The Hall–Kier alpha value is -2.14. The molecule has 0 unspecified atom stereocenters. The minimum Gasteiger partial charge on any atom is -0.505 e. The highest BCUT2D eigenvalue weighted by Crippen LogP contribution is 2.26. The smallest absolute Gasteiger partial charge is 0.259 e. The molecule has 0 bridgehead atoms. The van der Waals surface area contributed by atoms with Gasteiger partial charge in [0.05, 0.1) is 22.5 Å². The van der Waals surface area contributed by atoms with Crippen LogP contribution in [0, 0.1) is 5.82 Å². The number of para-hydroxylation sites is 1. The third-order valence-electron chi connectivity index (χ3n) is 2.25. The van der Waals surface area contributed by atoms with Gasteiger partial charge in [0.2, 0.25) is 0 Å². The fourth-order valence-electron chi connectivity index (χ4n) is 1.38. The van der Waals surface area contributed by atoms with Gasteiger partial charge in [-0.2, -0.15) is 0 Å². The van der Waals surface area contributed by atoms with Gasteiger partial charge in [0, 0.05) is 6.20 Å². The summed E-state index contributed by atoms with van der Waals surface area (Å²) >= 11 is 5.77. The molecule has 6 heteroatoms. The minimum absolute atomic E-state index is 0.00989. The number of hydrogen-bond acceptors (Lipinski definition) is 3. The van der Waals surface area contributed by atoms with Crippen LogP contribution in [0.4, 0.5) is 10.1 Å². The molecule has 2 rings (SSSR count). The van der Waals surface area contributed by atoms with Crippen LogP contribution in [0.3, 0.4) is 0 Å². The van der Waals surface area contributed by atoms with Crippen LogP contribution >= 0.6 is 11.6 Å². The van der Waals surface area contributed by atoms with E-state index in [2.05, 4.69) is 10.3 Å². The van der Waals surface area contributed by atoms with E-state index in [1.54, 1.807) is 0 Å². The Bertz CT molecular complexity index is 584. The molecule has 4 nitrogen and oxygen atoms in total. The number of pyridine rings is 1. The van der Waals surface area contributed by atoms with Gasteiger partial charge in [-0.1, -0.05) is 17.7 Å². The van der Waals surface area contributed by atoms with Crippen molar-refractivity contribution in [3.05, 3.63) is 53.1 Å². The van der Waals surface area contributed by atoms with Gasteiger partial charge < -0.3 is 10.4 Å². The predicted molar refractivity (Wildman–Crippen MR) is 65.3 cm³/mol. The van der Waals surface area contributed by atoms with Crippen molar-refractivity contribution in [3.63, 3.8) is 0 Å². The Labute approximate surface area is 107 Å². The number of aromatic hydroxyl groups is 1. The summed E-state index contributed by atoms with van der Waals surface area (Å²) in [4.78, 5) is 15.5. The van der Waals surface area contributed by atoms with Crippen molar-refractivity contribution in [1.29, 1.82) is 0 Å². The van der Waals surface area contributed by atoms with Gasteiger partial charge in [0.25, 0.3) is 5.91 Å². The monoisotopic (exact) mass is 266 g/mol. The second-order valence-corrected chi connectivity index (χ2v) is 3.85. The summed E-state index contributed by atoms with van der Waals surface area (Å²) in [5.74, 6) is -1.60. The standard InChI is InChI=1S/C12H8ClFN2O2/c13-8-2-1-3-9(14)11(8)16-12(18)7-4-5-15-6-10(7)17/h1-6,17H,(H,16,18). The van der Waals surface area contributed by atoms with Crippen molar-refractivity contribution >= 4 is 23.2 Å². The number of nitrogens with one attached hydrogen (secondary N) is 1. The van der Waals surface area contributed by atoms with E-state index in [1.165, 1.54) is 30.5 Å². The Balaban J connectivity index is 2.30. The normalized spacial score (nSPS) is 10.1. The molecule has 1 heterocycles. The Morgan fingerprint density at radius 1 is 1.39 bits per heavy atom. The van der Waals surface area contributed by atoms with E-state index >= 15 is 0 Å². The Morgan fingerprint density at radius 2 is 2.17 bits per heavy atom. The largest absolute Gasteiger partial charge is 0.505 e. The van der Waals surface area contributed by atoms with E-state index in [4.69, 9.17) is 11.6 Å². The zero-order valence-electron chi connectivity index (χ0n) is 9.02. The molecule has 1 aromatic heterocycles. The first-order valence-electron chi connectivity index (χ1n) is 4.98. The van der Waals surface area contributed by atoms with E-state index in [0.717, 1.165) is 6.20 Å². The first-order chi connectivity index (χ1) is 8.59. The maximum absolute atomic E-state index is 13.5. The van der Waals surface area contributed by atoms with Crippen molar-refractivity contribution in [2.24, 2.45) is 0 Å². The van der Waals surface area contributed by atoms with Gasteiger partial charge in [-0.25, -0.2) is 4.39 Å². The van der Waals surface area contributed by atoms with E-state index in [9.17, 15) is 14.3 Å². The molecule has 0 saturated carbocycles. The number of carbonyl (C=O) groups excluding carboxylic acids is 1. The number of carbonyl (C=O) groups is 1. The summed E-state index contributed by atoms with van der Waals surface area (Å²) in [6, 6.07) is 5.37. The molecule has 0 spiro atoms. The highest BCUT2D eigenvalue weighted by atomic mass is 35.5. The Morgan fingerprint density at radius 3 is 2.83 bits per heavy atom. The summed E-state index contributed by atoms with van der Waals surface area (Å²) in [5.41, 5.74) is -0.135. The zero-order chi connectivity index (χ0) is 13.1. The average molecular weight is 267 g/mol. The van der Waals surface area contributed by atoms with Crippen LogP contribution < -0.4 is 5.32 Å². The van der Waals surface area contributed by atoms with Crippen molar-refractivity contribution in [3.8, 4) is 5.75 Å². The second kappa shape index (κ2) is 5.01. The molecule has 0 aliphatic heterocycles. The lowest BCUT2D eigenvalue weighted by molar-refractivity contribution is 0.102. The molecular weight excluding hydrogens is 259 g/mol. The summed E-state index contributed by atoms with van der Waals surface area (Å²) < 4.78 is 13.5. The molecule has 0 atom stereocenters. The zero-order valence-corrected chi connectivity index (χ0v) is 9.78. The molecule has 0 radical (unpaired) electrons. The number of hydrogen-bond donors (Lipinski definition) is 2. The molecule has 18 heavy (non-hydrogen) atoms. The van der Waals surface area contributed by atoms with Gasteiger partial charge in [0.15, 0.2) is 0 Å². The van der Waals surface area contributed by atoms with Crippen molar-refractivity contribution in [1.82, 2.24) is 4.98 Å². The molecule has 2 N–H and O–H groups in total. The molecular formula is C12H8ClFN2O2. The van der Waals surface area contributed by atoms with Crippen LogP contribution in [0.15, 0.2) is 36.7 Å². The topological polar surface area (TPSA) is 62.2 Å². The number of rotatable bonds is 2. The quantitative estimate of drug-likeness (QED) is 0.879. The van der Waals surface area contributed by atoms with E-state index < -0.39 is 11.7 Å². The minimum atomic E-state index is -0.665. The third-order valence-corrected chi connectivity index (χ3v) is 2.56. The number of nitrogens with zero attached hydrogens (tertiary/aromatic N) is 1. The number of amides is 1. The van der Waals surface area contributed by atoms with E-state index in [-0.39, 0.29) is 22.0 Å². The maximum atomic E-state index is 13.5. The van der Waals surface area contributed by atoms with Crippen LogP contribution in [0.5, 0.6) is 5.75 Å². The lowest BCUT2D eigenvalue weighted by atomic mass is 10.2. The van der Waals surface area contributed by atoms with Crippen LogP contribution in [0.2, 0.25) is 5.02 Å². The lowest BCUT2D eigenvalue weighted by Gasteiger charge is -2.08. The van der Waals surface area contributed by atoms with Gasteiger partial charge in [-0.05, 0) is 18.2 Å². The molecule has 1 amide bonds. The van der Waals surface area contributed by atoms with E-state index in [1.807, 2.05) is 0 Å². The summed E-state index contributed by atoms with van der Waals surface area (Å²) in [7, 11) is 0. The fourth-order valence-corrected chi connectivity index (χ4v) is 1.59. The summed E-state index contributed by atoms with van der Waals surface area (Å²) in [5, 5.41) is 11.8. The van der Waals surface area contributed by atoms with Crippen LogP contribution in [0.25, 0.3) is 0 Å². The first kappa shape index (κ1) is 12.3. The van der Waals surface area contributed by atoms with E-state index in [0.29, 0.717) is 0 Å². The average Bonchev–Trinajstić information content (AvgIpc) is 2.34. The first-order valence-corrected chi connectivity index (χ1v) is 5.35. The molecule has 0 fully saturated rings. The number of benzene rings is 1. The van der Waals surface area contributed by atoms with Crippen molar-refractivity contribution in [2.75, 3.05) is 5.32 Å². The summed E-state index contributed by atoms with van der Waals surface area (Å²) in [6.45, 7) is 0. The van der Waals surface area contributed by atoms with Gasteiger partial charge in [-0.3, -0.25) is 9.78 Å². The maximum Gasteiger partial charge on any atom is 0.259 e. The molecule has 92 valence electrons. The third kappa shape index (κ3) is 2.41. The predicted octanol–water partition coefficient (Wildman–Crippen LogP) is 2.83. The van der Waals surface area contributed by atoms with Crippen molar-refractivity contribution < 1.29 is 14.3 Å². The highest BCUT2D eigenvalue weighted by molar-refractivity contribution is 6.34. The van der Waals surface area contributed by atoms with Gasteiger partial charge in [-0.15, -0.1) is 0 Å². The molecule has 0 saturated heterocycles. The van der Waals surface area contributed by atoms with Gasteiger partial charge in [0.1, 0.15) is 11.6 Å². The molecule has 0 aliphatic carbocycles. The number of halogens is 2.